The standard InChI is InChI=1S/C20H37N9O7/c1-9(2)6-13(19(35)36)29-17(33)11(4-3-5-26-20(24)25)27-18(34)12(8-15(23)31)28-16(32)10(21)7-14(22)30/h9-13H,3-8,21H2,1-2H3,(H2,22,30)(H2,23,31)(H,27,34)(H,28,32)(H,29,33)(H,35,36)(H4,24,25,26). The average Bonchev–Trinajstić information content (AvgIpc) is 2.73. The summed E-state index contributed by atoms with van der Waals surface area (Å²) < 4.78 is 0. The number of carbonyl (C=O) groups is 6. The van der Waals surface area contributed by atoms with Crippen molar-refractivity contribution in [3.8, 4) is 0 Å². The van der Waals surface area contributed by atoms with Crippen molar-refractivity contribution >= 4 is 41.5 Å². The third-order valence-corrected chi connectivity index (χ3v) is 4.70. The number of rotatable bonds is 17. The van der Waals surface area contributed by atoms with Crippen molar-refractivity contribution in [3.05, 3.63) is 0 Å². The van der Waals surface area contributed by atoms with Crippen LogP contribution >= 0.6 is 0 Å². The van der Waals surface area contributed by atoms with E-state index < -0.39 is 72.5 Å². The van der Waals surface area contributed by atoms with Gasteiger partial charge in [0.25, 0.3) is 0 Å². The van der Waals surface area contributed by atoms with E-state index in [1.807, 2.05) is 0 Å². The summed E-state index contributed by atoms with van der Waals surface area (Å²) in [6, 6.07) is -5.42. The molecule has 0 rings (SSSR count). The molecule has 0 aliphatic rings. The summed E-state index contributed by atoms with van der Waals surface area (Å²) in [5, 5.41) is 16.4. The molecule has 0 aliphatic carbocycles. The van der Waals surface area contributed by atoms with Crippen molar-refractivity contribution in [2.45, 2.75) is 70.1 Å². The highest BCUT2D eigenvalue weighted by atomic mass is 16.4. The van der Waals surface area contributed by atoms with E-state index in [1.54, 1.807) is 13.8 Å². The first-order chi connectivity index (χ1) is 16.6. The van der Waals surface area contributed by atoms with Crippen LogP contribution in [0.4, 0.5) is 0 Å². The Hall–Kier alpha value is -3.95. The largest absolute Gasteiger partial charge is 0.480 e. The minimum absolute atomic E-state index is 0.0131. The van der Waals surface area contributed by atoms with Gasteiger partial charge in [-0.3, -0.25) is 29.0 Å². The molecule has 4 unspecified atom stereocenters. The van der Waals surface area contributed by atoms with E-state index in [0.717, 1.165) is 0 Å². The molecule has 36 heavy (non-hydrogen) atoms. The molecule has 0 aromatic heterocycles. The smallest absolute Gasteiger partial charge is 0.326 e. The van der Waals surface area contributed by atoms with Gasteiger partial charge in [-0.2, -0.15) is 0 Å². The molecule has 0 aromatic rings. The Morgan fingerprint density at radius 1 is 0.778 bits per heavy atom. The van der Waals surface area contributed by atoms with Crippen molar-refractivity contribution in [2.75, 3.05) is 6.54 Å². The van der Waals surface area contributed by atoms with Crippen molar-refractivity contribution in [1.29, 1.82) is 0 Å². The van der Waals surface area contributed by atoms with Crippen molar-refractivity contribution in [2.24, 2.45) is 39.6 Å². The van der Waals surface area contributed by atoms with Gasteiger partial charge in [0.05, 0.1) is 18.9 Å². The Morgan fingerprint density at radius 3 is 1.75 bits per heavy atom. The normalized spacial score (nSPS) is 14.0. The number of aliphatic imine (C=N–C) groups is 1. The van der Waals surface area contributed by atoms with E-state index in [1.165, 1.54) is 0 Å². The lowest BCUT2D eigenvalue weighted by atomic mass is 10.0. The van der Waals surface area contributed by atoms with Gasteiger partial charge in [0.2, 0.25) is 29.5 Å². The highest BCUT2D eigenvalue weighted by Gasteiger charge is 2.31. The minimum Gasteiger partial charge on any atom is -0.480 e. The molecule has 0 fully saturated rings. The number of carboxylic acids is 1. The van der Waals surface area contributed by atoms with Gasteiger partial charge in [0.15, 0.2) is 5.96 Å². The second-order valence-corrected chi connectivity index (χ2v) is 8.55. The maximum Gasteiger partial charge on any atom is 0.326 e. The molecular weight excluding hydrogens is 478 g/mol. The average molecular weight is 516 g/mol. The Bertz CT molecular complexity index is 843. The maximum atomic E-state index is 12.9. The number of guanidine groups is 1. The Morgan fingerprint density at radius 2 is 1.28 bits per heavy atom. The van der Waals surface area contributed by atoms with Crippen LogP contribution in [0.2, 0.25) is 0 Å². The van der Waals surface area contributed by atoms with E-state index in [-0.39, 0.29) is 37.7 Å². The van der Waals surface area contributed by atoms with Crippen LogP contribution in [-0.2, 0) is 28.8 Å². The maximum absolute atomic E-state index is 12.9. The Balaban J connectivity index is 5.67. The number of carbonyl (C=O) groups excluding carboxylic acids is 5. The molecule has 0 bridgehead atoms. The zero-order valence-electron chi connectivity index (χ0n) is 20.4. The number of hydrogen-bond acceptors (Lipinski definition) is 8. The van der Waals surface area contributed by atoms with Gasteiger partial charge in [0.1, 0.15) is 18.1 Å². The lowest BCUT2D eigenvalue weighted by Crippen LogP contribution is -2.58. The molecular formula is C20H37N9O7. The Kier molecular flexibility index (Phi) is 14.1. The number of amides is 5. The molecule has 0 spiro atoms. The fourth-order valence-corrected chi connectivity index (χ4v) is 3.01. The predicted octanol–water partition coefficient (Wildman–Crippen LogP) is -4.30. The summed E-state index contributed by atoms with van der Waals surface area (Å²) in [5.74, 6) is -6.03. The zero-order chi connectivity index (χ0) is 28.0. The van der Waals surface area contributed by atoms with E-state index in [2.05, 4.69) is 20.9 Å². The predicted molar refractivity (Wildman–Crippen MR) is 128 cm³/mol. The van der Waals surface area contributed by atoms with E-state index >= 15 is 0 Å². The fourth-order valence-electron chi connectivity index (χ4n) is 3.01. The number of aliphatic carboxylic acids is 1. The van der Waals surface area contributed by atoms with Crippen molar-refractivity contribution < 1.29 is 33.9 Å². The molecule has 4 atom stereocenters. The van der Waals surface area contributed by atoms with Crippen LogP contribution in [0.3, 0.4) is 0 Å². The fraction of sp³-hybridized carbons (Fsp3) is 0.650. The summed E-state index contributed by atoms with van der Waals surface area (Å²) >= 11 is 0. The van der Waals surface area contributed by atoms with E-state index in [0.29, 0.717) is 0 Å². The summed E-state index contributed by atoms with van der Waals surface area (Å²) in [5.41, 5.74) is 26.3. The van der Waals surface area contributed by atoms with E-state index in [4.69, 9.17) is 28.7 Å². The second-order valence-electron chi connectivity index (χ2n) is 8.55. The van der Waals surface area contributed by atoms with Crippen LogP contribution < -0.4 is 44.6 Å². The van der Waals surface area contributed by atoms with Crippen LogP contribution in [0.25, 0.3) is 0 Å². The number of primary amides is 2. The number of hydrogen-bond donors (Lipinski definition) is 9. The van der Waals surface area contributed by atoms with Crippen molar-refractivity contribution in [1.82, 2.24) is 16.0 Å². The molecule has 16 nitrogen and oxygen atoms in total. The van der Waals surface area contributed by atoms with Gasteiger partial charge in [-0.1, -0.05) is 13.8 Å². The molecule has 204 valence electrons. The minimum atomic E-state index is -1.53. The van der Waals surface area contributed by atoms with Gasteiger partial charge < -0.3 is 49.7 Å². The third kappa shape index (κ3) is 13.7. The summed E-state index contributed by atoms with van der Waals surface area (Å²) in [7, 11) is 0. The molecule has 0 aromatic carbocycles. The van der Waals surface area contributed by atoms with Gasteiger partial charge in [0, 0.05) is 6.54 Å². The molecule has 5 amide bonds. The molecule has 0 radical (unpaired) electrons. The third-order valence-electron chi connectivity index (χ3n) is 4.70. The van der Waals surface area contributed by atoms with Gasteiger partial charge >= 0.3 is 5.97 Å². The number of nitrogens with one attached hydrogen (secondary N) is 3. The van der Waals surface area contributed by atoms with Crippen LogP contribution in [0.1, 0.15) is 46.0 Å². The van der Waals surface area contributed by atoms with Gasteiger partial charge in [-0.05, 0) is 25.2 Å². The van der Waals surface area contributed by atoms with Crippen LogP contribution in [0, 0.1) is 5.92 Å². The lowest BCUT2D eigenvalue weighted by molar-refractivity contribution is -0.143. The molecule has 0 saturated carbocycles. The summed E-state index contributed by atoms with van der Waals surface area (Å²) in [6.07, 6.45) is -0.823. The molecule has 0 aliphatic heterocycles. The number of carboxylic acid groups (broad SMARTS) is 1. The SMILES string of the molecule is CC(C)CC(NC(=O)C(CCCN=C(N)N)NC(=O)C(CC(N)=O)NC(=O)C(N)CC(N)=O)C(=O)O. The highest BCUT2D eigenvalue weighted by Crippen LogP contribution is 2.07. The lowest BCUT2D eigenvalue weighted by Gasteiger charge is -2.25. The monoisotopic (exact) mass is 515 g/mol. The molecule has 0 heterocycles. The van der Waals surface area contributed by atoms with Gasteiger partial charge in [-0.15, -0.1) is 0 Å². The molecule has 16 heteroatoms. The topological polar surface area (TPSA) is 301 Å². The molecule has 14 N–H and O–H groups in total. The quantitative estimate of drug-likeness (QED) is 0.0509. The van der Waals surface area contributed by atoms with Crippen molar-refractivity contribution in [3.63, 3.8) is 0 Å². The summed E-state index contributed by atoms with van der Waals surface area (Å²) in [4.78, 5) is 75.8. The van der Waals surface area contributed by atoms with Gasteiger partial charge in [-0.25, -0.2) is 4.79 Å². The summed E-state index contributed by atoms with van der Waals surface area (Å²) in [6.45, 7) is 3.66. The second kappa shape index (κ2) is 15.9. The van der Waals surface area contributed by atoms with E-state index in [9.17, 15) is 33.9 Å². The Labute approximate surface area is 208 Å². The van der Waals surface area contributed by atoms with Crippen LogP contribution in [0.15, 0.2) is 4.99 Å². The van der Waals surface area contributed by atoms with Crippen LogP contribution in [-0.4, -0.2) is 77.3 Å². The zero-order valence-corrected chi connectivity index (χ0v) is 20.4. The first-order valence-electron chi connectivity index (χ1n) is 11.1. The highest BCUT2D eigenvalue weighted by molar-refractivity contribution is 5.96. The number of nitrogens with two attached hydrogens (primary N) is 5. The first kappa shape index (κ1) is 32.0. The molecule has 0 saturated heterocycles. The number of nitrogens with zero attached hydrogens (tertiary/aromatic N) is 1. The first-order valence-corrected chi connectivity index (χ1v) is 11.1. The van der Waals surface area contributed by atoms with Crippen LogP contribution in [0.5, 0.6) is 0 Å².